The molecule has 100 valence electrons. The van der Waals surface area contributed by atoms with Crippen LogP contribution in [-0.2, 0) is 13.1 Å². The lowest BCUT2D eigenvalue weighted by atomic mass is 10.1. The van der Waals surface area contributed by atoms with Gasteiger partial charge in [-0.25, -0.2) is 0 Å². The quantitative estimate of drug-likeness (QED) is 0.879. The maximum Gasteiger partial charge on any atom is 0.0485 e. The number of benzene rings is 1. The molecule has 19 heavy (non-hydrogen) atoms. The Bertz CT molecular complexity index is 570. The molecule has 1 heterocycles. The summed E-state index contributed by atoms with van der Waals surface area (Å²) in [5, 5.41) is 4.38. The predicted molar refractivity (Wildman–Crippen MR) is 79.6 cm³/mol. The maximum absolute atomic E-state index is 6.27. The van der Waals surface area contributed by atoms with Gasteiger partial charge in [0.2, 0.25) is 0 Å². The second-order valence-corrected chi connectivity index (χ2v) is 5.85. The Hall–Kier alpha value is -1.25. The SMILES string of the molecule is Cc1ccc(Cn2ccc(CNC3CC3)c2)c(Cl)c1. The van der Waals surface area contributed by atoms with Gasteiger partial charge < -0.3 is 9.88 Å². The van der Waals surface area contributed by atoms with Crippen molar-refractivity contribution in [1.82, 2.24) is 9.88 Å². The summed E-state index contributed by atoms with van der Waals surface area (Å²) in [5.74, 6) is 0. The summed E-state index contributed by atoms with van der Waals surface area (Å²) in [6, 6.07) is 9.18. The molecular formula is C16H19ClN2. The molecule has 0 atom stereocenters. The Kier molecular flexibility index (Phi) is 3.63. The largest absolute Gasteiger partial charge is 0.350 e. The van der Waals surface area contributed by atoms with E-state index in [1.807, 2.05) is 6.07 Å². The molecular weight excluding hydrogens is 256 g/mol. The van der Waals surface area contributed by atoms with E-state index in [0.717, 1.165) is 24.2 Å². The lowest BCUT2D eigenvalue weighted by Gasteiger charge is -2.06. The third kappa shape index (κ3) is 3.40. The highest BCUT2D eigenvalue weighted by Gasteiger charge is 2.19. The van der Waals surface area contributed by atoms with Crippen LogP contribution in [0.4, 0.5) is 0 Å². The first-order chi connectivity index (χ1) is 9.20. The van der Waals surface area contributed by atoms with Gasteiger partial charge in [0.05, 0.1) is 0 Å². The second kappa shape index (κ2) is 5.40. The monoisotopic (exact) mass is 274 g/mol. The first-order valence-electron chi connectivity index (χ1n) is 6.84. The molecule has 0 amide bonds. The fourth-order valence-electron chi connectivity index (χ4n) is 2.22. The highest BCUT2D eigenvalue weighted by Crippen LogP contribution is 2.20. The second-order valence-electron chi connectivity index (χ2n) is 5.44. The highest BCUT2D eigenvalue weighted by atomic mass is 35.5. The molecule has 1 aromatic heterocycles. The molecule has 0 aliphatic heterocycles. The summed E-state index contributed by atoms with van der Waals surface area (Å²) in [7, 11) is 0. The first-order valence-corrected chi connectivity index (χ1v) is 7.21. The zero-order chi connectivity index (χ0) is 13.2. The minimum absolute atomic E-state index is 0.759. The van der Waals surface area contributed by atoms with Crippen LogP contribution >= 0.6 is 11.6 Å². The van der Waals surface area contributed by atoms with Gasteiger partial charge in [-0.3, -0.25) is 0 Å². The smallest absolute Gasteiger partial charge is 0.0485 e. The zero-order valence-corrected chi connectivity index (χ0v) is 12.0. The Balaban J connectivity index is 1.65. The molecule has 0 bridgehead atoms. The molecule has 0 radical (unpaired) electrons. The average Bonchev–Trinajstić information content (AvgIpc) is 3.10. The van der Waals surface area contributed by atoms with E-state index in [4.69, 9.17) is 11.6 Å². The number of nitrogens with zero attached hydrogens (tertiary/aromatic N) is 1. The summed E-state index contributed by atoms with van der Waals surface area (Å²) >= 11 is 6.27. The van der Waals surface area contributed by atoms with Crippen molar-refractivity contribution in [3.8, 4) is 0 Å². The van der Waals surface area contributed by atoms with Crippen molar-refractivity contribution < 1.29 is 0 Å². The number of aromatic nitrogens is 1. The summed E-state index contributed by atoms with van der Waals surface area (Å²) < 4.78 is 2.19. The molecule has 1 saturated carbocycles. The molecule has 1 aliphatic carbocycles. The molecule has 0 saturated heterocycles. The van der Waals surface area contributed by atoms with E-state index in [1.165, 1.54) is 29.5 Å². The van der Waals surface area contributed by atoms with E-state index in [1.54, 1.807) is 0 Å². The van der Waals surface area contributed by atoms with E-state index in [0.29, 0.717) is 0 Å². The van der Waals surface area contributed by atoms with Crippen molar-refractivity contribution in [1.29, 1.82) is 0 Å². The van der Waals surface area contributed by atoms with Crippen LogP contribution in [-0.4, -0.2) is 10.6 Å². The van der Waals surface area contributed by atoms with Gasteiger partial charge in [-0.05, 0) is 48.6 Å². The summed E-state index contributed by atoms with van der Waals surface area (Å²) in [6.45, 7) is 3.87. The van der Waals surface area contributed by atoms with Crippen LogP contribution in [0.2, 0.25) is 5.02 Å². The standard InChI is InChI=1S/C16H19ClN2/c1-12-2-3-14(16(17)8-12)11-19-7-6-13(10-19)9-18-15-4-5-15/h2-3,6-8,10,15,18H,4-5,9,11H2,1H3. The van der Waals surface area contributed by atoms with E-state index in [2.05, 4.69) is 47.4 Å². The molecule has 3 heteroatoms. The number of hydrogen-bond acceptors (Lipinski definition) is 1. The minimum atomic E-state index is 0.759. The van der Waals surface area contributed by atoms with Gasteiger partial charge in [0.1, 0.15) is 0 Å². The van der Waals surface area contributed by atoms with Crippen molar-refractivity contribution >= 4 is 11.6 Å². The fraction of sp³-hybridized carbons (Fsp3) is 0.375. The third-order valence-electron chi connectivity index (χ3n) is 3.55. The van der Waals surface area contributed by atoms with Gasteiger partial charge in [0.15, 0.2) is 0 Å². The topological polar surface area (TPSA) is 17.0 Å². The Morgan fingerprint density at radius 2 is 2.16 bits per heavy atom. The Labute approximate surface area is 119 Å². The number of rotatable bonds is 5. The van der Waals surface area contributed by atoms with Crippen molar-refractivity contribution in [2.24, 2.45) is 0 Å². The van der Waals surface area contributed by atoms with E-state index in [-0.39, 0.29) is 0 Å². The number of halogens is 1. The van der Waals surface area contributed by atoms with Gasteiger partial charge >= 0.3 is 0 Å². The molecule has 0 unspecified atom stereocenters. The normalized spacial score (nSPS) is 14.8. The molecule has 1 fully saturated rings. The van der Waals surface area contributed by atoms with Gasteiger partial charge in [0, 0.05) is 36.5 Å². The van der Waals surface area contributed by atoms with Crippen LogP contribution in [0.1, 0.15) is 29.5 Å². The number of aryl methyl sites for hydroxylation is 1. The molecule has 1 N–H and O–H groups in total. The van der Waals surface area contributed by atoms with Crippen LogP contribution in [0.25, 0.3) is 0 Å². The molecule has 1 aromatic carbocycles. The van der Waals surface area contributed by atoms with Crippen LogP contribution in [0.5, 0.6) is 0 Å². The Morgan fingerprint density at radius 3 is 2.89 bits per heavy atom. The number of hydrogen-bond donors (Lipinski definition) is 1. The lowest BCUT2D eigenvalue weighted by Crippen LogP contribution is -2.14. The van der Waals surface area contributed by atoms with Crippen molar-refractivity contribution in [3.05, 3.63) is 58.4 Å². The summed E-state index contributed by atoms with van der Waals surface area (Å²) in [4.78, 5) is 0. The van der Waals surface area contributed by atoms with E-state index >= 15 is 0 Å². The minimum Gasteiger partial charge on any atom is -0.350 e. The molecule has 3 rings (SSSR count). The van der Waals surface area contributed by atoms with Crippen LogP contribution < -0.4 is 5.32 Å². The van der Waals surface area contributed by atoms with Crippen molar-refractivity contribution in [2.45, 2.75) is 38.9 Å². The third-order valence-corrected chi connectivity index (χ3v) is 3.90. The van der Waals surface area contributed by atoms with Crippen LogP contribution in [0.3, 0.4) is 0 Å². The van der Waals surface area contributed by atoms with Gasteiger partial charge in [0.25, 0.3) is 0 Å². The highest BCUT2D eigenvalue weighted by molar-refractivity contribution is 6.31. The van der Waals surface area contributed by atoms with Crippen molar-refractivity contribution in [3.63, 3.8) is 0 Å². The van der Waals surface area contributed by atoms with Crippen LogP contribution in [0, 0.1) is 6.92 Å². The summed E-state index contributed by atoms with van der Waals surface area (Å²) in [5.41, 5.74) is 3.72. The zero-order valence-electron chi connectivity index (χ0n) is 11.2. The van der Waals surface area contributed by atoms with Gasteiger partial charge in [-0.15, -0.1) is 0 Å². The number of nitrogens with one attached hydrogen (secondary N) is 1. The lowest BCUT2D eigenvalue weighted by molar-refractivity contribution is 0.685. The van der Waals surface area contributed by atoms with Gasteiger partial charge in [-0.1, -0.05) is 23.7 Å². The van der Waals surface area contributed by atoms with Crippen LogP contribution in [0.15, 0.2) is 36.7 Å². The Morgan fingerprint density at radius 1 is 1.32 bits per heavy atom. The maximum atomic E-state index is 6.27. The molecule has 2 nitrogen and oxygen atoms in total. The first kappa shape index (κ1) is 12.8. The fourth-order valence-corrected chi connectivity index (χ4v) is 2.52. The van der Waals surface area contributed by atoms with E-state index in [9.17, 15) is 0 Å². The van der Waals surface area contributed by atoms with Gasteiger partial charge in [-0.2, -0.15) is 0 Å². The summed E-state index contributed by atoms with van der Waals surface area (Å²) in [6.07, 6.45) is 6.99. The molecule has 1 aliphatic rings. The molecule has 0 spiro atoms. The van der Waals surface area contributed by atoms with E-state index < -0.39 is 0 Å². The van der Waals surface area contributed by atoms with Crippen molar-refractivity contribution in [2.75, 3.05) is 0 Å². The molecule has 2 aromatic rings. The average molecular weight is 275 g/mol. The predicted octanol–water partition coefficient (Wildman–Crippen LogP) is 3.75.